The van der Waals surface area contributed by atoms with Gasteiger partial charge in [-0.2, -0.15) is 0 Å². The lowest BCUT2D eigenvalue weighted by Crippen LogP contribution is -2.20. The lowest BCUT2D eigenvalue weighted by molar-refractivity contribution is 0.0963. The fourth-order valence-electron chi connectivity index (χ4n) is 3.19. The molecule has 0 spiro atoms. The number of nitrogens with one attached hydrogen (secondary N) is 3. The highest BCUT2D eigenvalue weighted by Crippen LogP contribution is 2.28. The summed E-state index contributed by atoms with van der Waals surface area (Å²) >= 11 is 0. The SMILES string of the molecule is [2H]C([2H])([2H])NC(=O)c1cnc(Nc2ccc(-c3ccccc3)cn2)cc1Nc1ncccc1S(C)(=O)=O. The van der Waals surface area contributed by atoms with E-state index in [4.69, 9.17) is 4.11 Å². The molecule has 3 heterocycles. The zero-order valence-electron chi connectivity index (χ0n) is 21.0. The Balaban J connectivity index is 1.67. The maximum atomic E-state index is 12.7. The summed E-state index contributed by atoms with van der Waals surface area (Å²) in [5, 5.41) is 7.77. The summed E-state index contributed by atoms with van der Waals surface area (Å²) in [6.45, 7) is -2.74. The molecule has 1 aromatic carbocycles. The Kier molecular flexibility index (Phi) is 5.46. The van der Waals surface area contributed by atoms with Crippen molar-refractivity contribution in [2.75, 3.05) is 23.9 Å². The molecule has 10 heteroatoms. The van der Waals surface area contributed by atoms with E-state index < -0.39 is 22.7 Å². The van der Waals surface area contributed by atoms with Gasteiger partial charge in [-0.15, -0.1) is 0 Å². The quantitative estimate of drug-likeness (QED) is 0.367. The van der Waals surface area contributed by atoms with E-state index in [2.05, 4.69) is 25.6 Å². The van der Waals surface area contributed by atoms with Gasteiger partial charge in [0, 0.05) is 47.6 Å². The van der Waals surface area contributed by atoms with E-state index in [-0.39, 0.29) is 27.8 Å². The highest BCUT2D eigenvalue weighted by molar-refractivity contribution is 7.90. The number of pyridine rings is 3. The summed E-state index contributed by atoms with van der Waals surface area (Å²) in [6, 6.07) is 17.6. The lowest BCUT2D eigenvalue weighted by atomic mass is 10.1. The summed E-state index contributed by atoms with van der Waals surface area (Å²) in [5.41, 5.74) is 1.89. The predicted molar refractivity (Wildman–Crippen MR) is 131 cm³/mol. The number of rotatable bonds is 7. The predicted octanol–water partition coefficient (Wildman–Crippen LogP) is 3.79. The van der Waals surface area contributed by atoms with Crippen LogP contribution in [0.3, 0.4) is 0 Å². The van der Waals surface area contributed by atoms with Gasteiger partial charge < -0.3 is 16.0 Å². The maximum Gasteiger partial charge on any atom is 0.254 e. The minimum absolute atomic E-state index is 0.0320. The Labute approximate surface area is 201 Å². The summed E-state index contributed by atoms with van der Waals surface area (Å²) in [5.74, 6) is -0.226. The molecule has 0 unspecified atom stereocenters. The number of anilines is 4. The van der Waals surface area contributed by atoms with Crippen LogP contribution in [0.1, 0.15) is 14.5 Å². The van der Waals surface area contributed by atoms with E-state index in [0.717, 1.165) is 17.4 Å². The van der Waals surface area contributed by atoms with Gasteiger partial charge in [0.1, 0.15) is 22.3 Å². The number of hydrogen-bond donors (Lipinski definition) is 3. The first-order valence-electron chi connectivity index (χ1n) is 11.5. The Hall–Kier alpha value is -4.31. The largest absolute Gasteiger partial charge is 0.355 e. The van der Waals surface area contributed by atoms with E-state index in [0.29, 0.717) is 5.82 Å². The average molecular weight is 478 g/mol. The van der Waals surface area contributed by atoms with Crippen LogP contribution in [-0.2, 0) is 9.84 Å². The number of sulfone groups is 1. The third kappa shape index (κ3) is 5.18. The van der Waals surface area contributed by atoms with E-state index in [1.54, 1.807) is 12.3 Å². The van der Waals surface area contributed by atoms with Crippen molar-refractivity contribution in [2.45, 2.75) is 4.90 Å². The van der Waals surface area contributed by atoms with Gasteiger partial charge in [-0.3, -0.25) is 4.79 Å². The van der Waals surface area contributed by atoms with Gasteiger partial charge in [0.25, 0.3) is 5.91 Å². The van der Waals surface area contributed by atoms with Crippen molar-refractivity contribution in [3.05, 3.63) is 84.8 Å². The van der Waals surface area contributed by atoms with Crippen molar-refractivity contribution in [2.24, 2.45) is 0 Å². The number of nitrogens with zero attached hydrogens (tertiary/aromatic N) is 3. The number of aromatic nitrogens is 3. The first kappa shape index (κ1) is 19.2. The Morgan fingerprint density at radius 2 is 1.68 bits per heavy atom. The highest BCUT2D eigenvalue weighted by atomic mass is 32.2. The molecule has 0 atom stereocenters. The molecule has 4 rings (SSSR count). The summed E-state index contributed by atoms with van der Waals surface area (Å²) in [7, 11) is -3.66. The second-order valence-electron chi connectivity index (χ2n) is 7.24. The lowest BCUT2D eigenvalue weighted by Gasteiger charge is -2.14. The molecule has 0 aliphatic rings. The molecule has 3 aromatic heterocycles. The van der Waals surface area contributed by atoms with Crippen LogP contribution in [-0.4, -0.2) is 42.5 Å². The van der Waals surface area contributed by atoms with Crippen molar-refractivity contribution < 1.29 is 17.3 Å². The van der Waals surface area contributed by atoms with Gasteiger partial charge in [0.2, 0.25) is 0 Å². The Morgan fingerprint density at radius 1 is 0.882 bits per heavy atom. The van der Waals surface area contributed by atoms with Crippen molar-refractivity contribution in [3.8, 4) is 11.1 Å². The van der Waals surface area contributed by atoms with Crippen LogP contribution < -0.4 is 16.0 Å². The molecular formula is C24H22N6O3S. The maximum absolute atomic E-state index is 12.7. The normalized spacial score (nSPS) is 12.7. The van der Waals surface area contributed by atoms with Gasteiger partial charge in [0.15, 0.2) is 9.84 Å². The monoisotopic (exact) mass is 477 g/mol. The number of benzene rings is 1. The molecule has 0 aliphatic carbocycles. The van der Waals surface area contributed by atoms with Gasteiger partial charge >= 0.3 is 0 Å². The van der Waals surface area contributed by atoms with Gasteiger partial charge in [0.05, 0.1) is 11.3 Å². The first-order valence-corrected chi connectivity index (χ1v) is 11.9. The standard InChI is InChI=1S/C24H22N6O3S/c1-25-24(31)18-15-28-22(13-19(18)29-23-20(34(2,32)33)9-6-12-26-23)30-21-11-10-17(14-27-21)16-7-4-3-5-8-16/h3-15H,1-2H3,(H,25,31)(H2,26,27,28,29,30)/i1D3. The second kappa shape index (κ2) is 9.67. The van der Waals surface area contributed by atoms with Crippen LogP contribution in [0, 0.1) is 0 Å². The fraction of sp³-hybridized carbons (Fsp3) is 0.0833. The van der Waals surface area contributed by atoms with Crippen molar-refractivity contribution >= 4 is 38.9 Å². The van der Waals surface area contributed by atoms with E-state index in [1.807, 2.05) is 41.7 Å². The molecule has 0 saturated carbocycles. The van der Waals surface area contributed by atoms with Crippen LogP contribution in [0.15, 0.2) is 84.1 Å². The number of hydrogen-bond acceptors (Lipinski definition) is 8. The van der Waals surface area contributed by atoms with Crippen molar-refractivity contribution in [3.63, 3.8) is 0 Å². The summed E-state index contributed by atoms with van der Waals surface area (Å²) in [6.07, 6.45) is 5.29. The molecule has 0 saturated heterocycles. The highest BCUT2D eigenvalue weighted by Gasteiger charge is 2.18. The fourth-order valence-corrected chi connectivity index (χ4v) is 3.97. The number of carbonyl (C=O) groups is 1. The minimum Gasteiger partial charge on any atom is -0.355 e. The summed E-state index contributed by atoms with van der Waals surface area (Å²) < 4.78 is 46.5. The molecule has 34 heavy (non-hydrogen) atoms. The third-order valence-electron chi connectivity index (χ3n) is 4.81. The minimum atomic E-state index is -3.66. The van der Waals surface area contributed by atoms with E-state index in [1.165, 1.54) is 30.6 Å². The molecule has 4 aromatic rings. The molecule has 0 bridgehead atoms. The van der Waals surface area contributed by atoms with Crippen LogP contribution in [0.2, 0.25) is 0 Å². The number of amides is 1. The zero-order chi connectivity index (χ0) is 26.6. The second-order valence-corrected chi connectivity index (χ2v) is 9.22. The molecule has 9 nitrogen and oxygen atoms in total. The number of carbonyl (C=O) groups excluding carboxylic acids is 1. The van der Waals surface area contributed by atoms with Gasteiger partial charge in [-0.05, 0) is 29.8 Å². The molecule has 0 aliphatic heterocycles. The summed E-state index contributed by atoms with van der Waals surface area (Å²) in [4.78, 5) is 25.3. The van der Waals surface area contributed by atoms with Gasteiger partial charge in [-0.1, -0.05) is 30.3 Å². The Morgan fingerprint density at radius 3 is 2.38 bits per heavy atom. The average Bonchev–Trinajstić information content (AvgIpc) is 2.84. The first-order chi connectivity index (χ1) is 17.5. The van der Waals surface area contributed by atoms with Crippen LogP contribution in [0.25, 0.3) is 11.1 Å². The topological polar surface area (TPSA) is 126 Å². The van der Waals surface area contributed by atoms with E-state index in [9.17, 15) is 13.2 Å². The van der Waals surface area contributed by atoms with Crippen LogP contribution >= 0.6 is 0 Å². The van der Waals surface area contributed by atoms with Crippen molar-refractivity contribution in [1.29, 1.82) is 0 Å². The van der Waals surface area contributed by atoms with Crippen LogP contribution in [0.4, 0.5) is 23.1 Å². The van der Waals surface area contributed by atoms with Gasteiger partial charge in [-0.25, -0.2) is 23.4 Å². The molecular weight excluding hydrogens is 452 g/mol. The zero-order valence-corrected chi connectivity index (χ0v) is 18.8. The van der Waals surface area contributed by atoms with Crippen molar-refractivity contribution in [1.82, 2.24) is 20.3 Å². The third-order valence-corrected chi connectivity index (χ3v) is 5.94. The molecule has 172 valence electrons. The molecule has 3 N–H and O–H groups in total. The van der Waals surface area contributed by atoms with Crippen LogP contribution in [0.5, 0.6) is 0 Å². The molecule has 0 fully saturated rings. The Bertz CT molecular complexity index is 1530. The molecule has 1 amide bonds. The van der Waals surface area contributed by atoms with E-state index >= 15 is 0 Å². The smallest absolute Gasteiger partial charge is 0.254 e. The molecule has 0 radical (unpaired) electrons.